The second-order valence-electron chi connectivity index (χ2n) is 4.85. The summed E-state index contributed by atoms with van der Waals surface area (Å²) < 4.78 is 0. The summed E-state index contributed by atoms with van der Waals surface area (Å²) in [6.45, 7) is 15.7. The second kappa shape index (κ2) is 8.59. The average molecular weight is 186 g/mol. The Balaban J connectivity index is 0. The van der Waals surface area contributed by atoms with Gasteiger partial charge in [-0.15, -0.1) is 0 Å². The van der Waals surface area contributed by atoms with Crippen LogP contribution in [0.25, 0.3) is 0 Å². The first-order valence-electron chi connectivity index (χ1n) is 5.98. The van der Waals surface area contributed by atoms with E-state index in [1.165, 1.54) is 25.7 Å². The van der Waals surface area contributed by atoms with Crippen LogP contribution in [-0.2, 0) is 0 Å². The van der Waals surface area contributed by atoms with E-state index in [-0.39, 0.29) is 0 Å². The molecule has 0 aromatic rings. The molecule has 82 valence electrons. The number of rotatable bonds is 5. The average Bonchev–Trinajstić information content (AvgIpc) is 2.05. The standard InChI is InChI=1S/C11H24.C2H6/c1-6-8-11(4,5)9-7-10(2)3;1-2/h10H,6-9H2,1-5H3;1-2H3. The first-order chi connectivity index (χ1) is 5.98. The molecule has 13 heavy (non-hydrogen) atoms. The van der Waals surface area contributed by atoms with Crippen LogP contribution in [-0.4, -0.2) is 0 Å². The zero-order valence-corrected chi connectivity index (χ0v) is 10.9. The van der Waals surface area contributed by atoms with Gasteiger partial charge in [0.1, 0.15) is 0 Å². The molecule has 0 atom stereocenters. The molecule has 0 aliphatic carbocycles. The van der Waals surface area contributed by atoms with E-state index < -0.39 is 0 Å². The Hall–Kier alpha value is 0. The van der Waals surface area contributed by atoms with E-state index in [0.717, 1.165) is 5.92 Å². The minimum Gasteiger partial charge on any atom is -0.0683 e. The van der Waals surface area contributed by atoms with Gasteiger partial charge < -0.3 is 0 Å². The van der Waals surface area contributed by atoms with E-state index in [1.54, 1.807) is 0 Å². The molecule has 0 nitrogen and oxygen atoms in total. The normalized spacial score (nSPS) is 11.1. The SMILES string of the molecule is CC.CCCC(C)(C)CCC(C)C. The quantitative estimate of drug-likeness (QED) is 0.548. The minimum atomic E-state index is 0.582. The van der Waals surface area contributed by atoms with Crippen molar-refractivity contribution < 1.29 is 0 Å². The van der Waals surface area contributed by atoms with Gasteiger partial charge in [-0.2, -0.15) is 0 Å². The van der Waals surface area contributed by atoms with Crippen LogP contribution in [0.3, 0.4) is 0 Å². The van der Waals surface area contributed by atoms with Gasteiger partial charge in [-0.05, 0) is 24.2 Å². The van der Waals surface area contributed by atoms with Gasteiger partial charge in [0, 0.05) is 0 Å². The van der Waals surface area contributed by atoms with Crippen LogP contribution in [0.15, 0.2) is 0 Å². The lowest BCUT2D eigenvalue weighted by atomic mass is 9.82. The molecule has 0 unspecified atom stereocenters. The molecule has 0 aromatic heterocycles. The number of hydrogen-bond acceptors (Lipinski definition) is 0. The zero-order chi connectivity index (χ0) is 10.9. The van der Waals surface area contributed by atoms with E-state index in [4.69, 9.17) is 0 Å². The first kappa shape index (κ1) is 15.5. The van der Waals surface area contributed by atoms with E-state index in [0.29, 0.717) is 5.41 Å². The third-order valence-electron chi connectivity index (χ3n) is 2.33. The smallest absolute Gasteiger partial charge is 0.0354 e. The van der Waals surface area contributed by atoms with Crippen LogP contribution in [0.1, 0.15) is 74.1 Å². The molecule has 0 heterocycles. The molecule has 0 spiro atoms. The van der Waals surface area contributed by atoms with Gasteiger partial charge in [0.2, 0.25) is 0 Å². The van der Waals surface area contributed by atoms with Gasteiger partial charge in [0.15, 0.2) is 0 Å². The Labute approximate surface area is 86.1 Å². The van der Waals surface area contributed by atoms with Gasteiger partial charge in [-0.3, -0.25) is 0 Å². The Morgan fingerprint density at radius 1 is 1.00 bits per heavy atom. The fourth-order valence-corrected chi connectivity index (χ4v) is 1.48. The van der Waals surface area contributed by atoms with Crippen molar-refractivity contribution in [2.75, 3.05) is 0 Å². The zero-order valence-electron chi connectivity index (χ0n) is 10.9. The lowest BCUT2D eigenvalue weighted by Gasteiger charge is -2.24. The molecule has 0 fully saturated rings. The van der Waals surface area contributed by atoms with Crippen LogP contribution >= 0.6 is 0 Å². The number of hydrogen-bond donors (Lipinski definition) is 0. The monoisotopic (exact) mass is 186 g/mol. The van der Waals surface area contributed by atoms with Crippen molar-refractivity contribution in [1.29, 1.82) is 0 Å². The maximum absolute atomic E-state index is 2.39. The second-order valence-corrected chi connectivity index (χ2v) is 4.85. The topological polar surface area (TPSA) is 0 Å². The lowest BCUT2D eigenvalue weighted by molar-refractivity contribution is 0.279. The van der Waals surface area contributed by atoms with E-state index in [9.17, 15) is 0 Å². The molecule has 0 N–H and O–H groups in total. The van der Waals surface area contributed by atoms with Gasteiger partial charge >= 0.3 is 0 Å². The molecule has 0 radical (unpaired) electrons. The summed E-state index contributed by atoms with van der Waals surface area (Å²) in [5, 5.41) is 0. The third-order valence-corrected chi connectivity index (χ3v) is 2.33. The van der Waals surface area contributed by atoms with Crippen LogP contribution < -0.4 is 0 Å². The summed E-state index contributed by atoms with van der Waals surface area (Å²) in [7, 11) is 0. The van der Waals surface area contributed by atoms with Crippen molar-refractivity contribution in [2.24, 2.45) is 11.3 Å². The Morgan fingerprint density at radius 2 is 1.46 bits per heavy atom. The van der Waals surface area contributed by atoms with Crippen LogP contribution in [0.2, 0.25) is 0 Å². The fourth-order valence-electron chi connectivity index (χ4n) is 1.48. The van der Waals surface area contributed by atoms with Crippen LogP contribution in [0.4, 0.5) is 0 Å². The Bertz CT molecular complexity index is 90.2. The Kier molecular flexibility index (Phi) is 10.2. The van der Waals surface area contributed by atoms with Crippen molar-refractivity contribution in [1.82, 2.24) is 0 Å². The molecule has 0 rings (SSSR count). The molecular weight excluding hydrogens is 156 g/mol. The lowest BCUT2D eigenvalue weighted by Crippen LogP contribution is -2.11. The maximum Gasteiger partial charge on any atom is -0.0354 e. The van der Waals surface area contributed by atoms with Crippen molar-refractivity contribution in [3.8, 4) is 0 Å². The van der Waals surface area contributed by atoms with Gasteiger partial charge in [0.05, 0.1) is 0 Å². The molecule has 0 aliphatic heterocycles. The largest absolute Gasteiger partial charge is 0.0683 e. The van der Waals surface area contributed by atoms with Crippen LogP contribution in [0, 0.1) is 11.3 Å². The molecule has 0 amide bonds. The highest BCUT2D eigenvalue weighted by molar-refractivity contribution is 4.68. The summed E-state index contributed by atoms with van der Waals surface area (Å²) in [6, 6.07) is 0. The fraction of sp³-hybridized carbons (Fsp3) is 1.00. The van der Waals surface area contributed by atoms with Gasteiger partial charge in [-0.25, -0.2) is 0 Å². The molecule has 0 saturated carbocycles. The maximum atomic E-state index is 2.39. The molecular formula is C13H30. The van der Waals surface area contributed by atoms with Gasteiger partial charge in [-0.1, -0.05) is 61.3 Å². The van der Waals surface area contributed by atoms with Crippen molar-refractivity contribution in [3.05, 3.63) is 0 Å². The van der Waals surface area contributed by atoms with Crippen LogP contribution in [0.5, 0.6) is 0 Å². The predicted molar refractivity (Wildman–Crippen MR) is 64.1 cm³/mol. The first-order valence-corrected chi connectivity index (χ1v) is 5.98. The molecule has 0 bridgehead atoms. The summed E-state index contributed by atoms with van der Waals surface area (Å²) >= 11 is 0. The highest BCUT2D eigenvalue weighted by Gasteiger charge is 2.16. The van der Waals surface area contributed by atoms with Gasteiger partial charge in [0.25, 0.3) is 0 Å². The molecule has 0 aromatic carbocycles. The van der Waals surface area contributed by atoms with Crippen molar-refractivity contribution in [3.63, 3.8) is 0 Å². The van der Waals surface area contributed by atoms with E-state index in [2.05, 4.69) is 34.6 Å². The molecule has 0 saturated heterocycles. The predicted octanol–water partition coefficient (Wildman–Crippen LogP) is 5.28. The van der Waals surface area contributed by atoms with E-state index >= 15 is 0 Å². The van der Waals surface area contributed by atoms with Crippen molar-refractivity contribution >= 4 is 0 Å². The molecule has 0 aliphatic rings. The minimum absolute atomic E-state index is 0.582. The summed E-state index contributed by atoms with van der Waals surface area (Å²) in [5.41, 5.74) is 0.582. The summed E-state index contributed by atoms with van der Waals surface area (Å²) in [5.74, 6) is 0.867. The summed E-state index contributed by atoms with van der Waals surface area (Å²) in [4.78, 5) is 0. The summed E-state index contributed by atoms with van der Waals surface area (Å²) in [6.07, 6.45) is 5.47. The molecule has 0 heteroatoms. The van der Waals surface area contributed by atoms with E-state index in [1.807, 2.05) is 13.8 Å². The highest BCUT2D eigenvalue weighted by atomic mass is 14.2. The third kappa shape index (κ3) is 12.0. The van der Waals surface area contributed by atoms with Crippen molar-refractivity contribution in [2.45, 2.75) is 74.1 Å². The highest BCUT2D eigenvalue weighted by Crippen LogP contribution is 2.29. The Morgan fingerprint density at radius 3 is 1.77 bits per heavy atom.